The zero-order valence-corrected chi connectivity index (χ0v) is 8.51. The van der Waals surface area contributed by atoms with Crippen molar-refractivity contribution < 1.29 is 0 Å². The van der Waals surface area contributed by atoms with Crippen LogP contribution in [0.4, 0.5) is 0 Å². The van der Waals surface area contributed by atoms with Crippen LogP contribution < -0.4 is 0 Å². The van der Waals surface area contributed by atoms with Gasteiger partial charge in [-0.3, -0.25) is 15.0 Å². The van der Waals surface area contributed by atoms with E-state index in [2.05, 4.69) is 21.7 Å². The van der Waals surface area contributed by atoms with Crippen molar-refractivity contribution in [2.75, 3.05) is 0 Å². The Kier molecular flexibility index (Phi) is 2.54. The van der Waals surface area contributed by atoms with Gasteiger partial charge in [0, 0.05) is 24.2 Å². The number of aliphatic imine (C=N–C) groups is 1. The number of benzene rings is 1. The first-order valence-electron chi connectivity index (χ1n) is 4.65. The molecule has 3 heteroatoms. The van der Waals surface area contributed by atoms with Crippen LogP contribution in [-0.4, -0.2) is 16.7 Å². The van der Waals surface area contributed by atoms with Crippen molar-refractivity contribution in [3.63, 3.8) is 0 Å². The molecule has 0 amide bonds. The third kappa shape index (κ3) is 1.76. The van der Waals surface area contributed by atoms with Crippen LogP contribution in [0, 0.1) is 6.92 Å². The minimum absolute atomic E-state index is 0.895. The summed E-state index contributed by atoms with van der Waals surface area (Å²) < 4.78 is 0. The van der Waals surface area contributed by atoms with E-state index < -0.39 is 0 Å². The molecule has 0 atom stereocenters. The largest absolute Gasteiger partial charge is 0.272 e. The molecule has 2 aromatic rings. The first-order valence-corrected chi connectivity index (χ1v) is 4.65. The van der Waals surface area contributed by atoms with E-state index in [1.165, 1.54) is 0 Å². The maximum atomic E-state index is 4.32. The van der Waals surface area contributed by atoms with Crippen LogP contribution in [0.25, 0.3) is 17.1 Å². The summed E-state index contributed by atoms with van der Waals surface area (Å²) in [6.45, 7) is 5.45. The molecule has 0 aliphatic rings. The predicted molar refractivity (Wildman–Crippen MR) is 62.9 cm³/mol. The van der Waals surface area contributed by atoms with Gasteiger partial charge in [-0.1, -0.05) is 6.07 Å². The van der Waals surface area contributed by atoms with Crippen LogP contribution >= 0.6 is 0 Å². The smallest absolute Gasteiger partial charge is 0.0962 e. The first-order chi connectivity index (χ1) is 7.33. The monoisotopic (exact) mass is 197 g/mol. The summed E-state index contributed by atoms with van der Waals surface area (Å²) in [7, 11) is 0. The van der Waals surface area contributed by atoms with Gasteiger partial charge in [0.1, 0.15) is 0 Å². The summed E-state index contributed by atoms with van der Waals surface area (Å²) in [4.78, 5) is 12.3. The molecule has 74 valence electrons. The van der Waals surface area contributed by atoms with Gasteiger partial charge in [-0.25, -0.2) is 0 Å². The van der Waals surface area contributed by atoms with Crippen LogP contribution in [0.5, 0.6) is 0 Å². The van der Waals surface area contributed by atoms with Gasteiger partial charge < -0.3 is 0 Å². The van der Waals surface area contributed by atoms with Gasteiger partial charge in [0.05, 0.1) is 11.0 Å². The molecule has 0 radical (unpaired) electrons. The van der Waals surface area contributed by atoms with Crippen molar-refractivity contribution in [2.24, 2.45) is 4.99 Å². The molecule has 0 N–H and O–H groups in total. The lowest BCUT2D eigenvalue weighted by atomic mass is 10.1. The van der Waals surface area contributed by atoms with Crippen LogP contribution in [0.15, 0.2) is 35.7 Å². The highest BCUT2D eigenvalue weighted by molar-refractivity contribution is 5.85. The molecule has 1 heterocycles. The summed E-state index contributed by atoms with van der Waals surface area (Å²) in [5.41, 5.74) is 4.00. The number of rotatable bonds is 2. The summed E-state index contributed by atoms with van der Waals surface area (Å²) in [6, 6.07) is 4.00. The summed E-state index contributed by atoms with van der Waals surface area (Å²) in [5.74, 6) is 0. The minimum Gasteiger partial charge on any atom is -0.272 e. The normalized spacial score (nSPS) is 11.0. The molecule has 3 nitrogen and oxygen atoms in total. The maximum Gasteiger partial charge on any atom is 0.0962 e. The minimum atomic E-state index is 0.895. The number of hydrogen-bond donors (Lipinski definition) is 0. The van der Waals surface area contributed by atoms with Crippen molar-refractivity contribution in [1.29, 1.82) is 0 Å². The second-order valence-electron chi connectivity index (χ2n) is 3.22. The van der Waals surface area contributed by atoms with E-state index in [1.54, 1.807) is 18.6 Å². The van der Waals surface area contributed by atoms with Gasteiger partial charge in [-0.05, 0) is 31.3 Å². The number of fused-ring (bicyclic) bond motifs is 1. The summed E-state index contributed by atoms with van der Waals surface area (Å²) in [6.07, 6.45) is 6.95. The van der Waals surface area contributed by atoms with E-state index in [-0.39, 0.29) is 0 Å². The quantitative estimate of drug-likeness (QED) is 0.694. The average molecular weight is 197 g/mol. The lowest BCUT2D eigenvalue weighted by Gasteiger charge is -2.03. The molecular weight excluding hydrogens is 186 g/mol. The van der Waals surface area contributed by atoms with Crippen molar-refractivity contribution in [3.05, 3.63) is 41.9 Å². The van der Waals surface area contributed by atoms with E-state index in [4.69, 9.17) is 0 Å². The van der Waals surface area contributed by atoms with E-state index in [1.807, 2.05) is 25.1 Å². The topological polar surface area (TPSA) is 38.1 Å². The standard InChI is InChI=1S/C12H11N3/c1-9-3-4-11-12(15-8-7-14-11)10(9)5-6-13-2/h3-8H,2H2,1H3/b6-5-. The molecule has 0 bridgehead atoms. The molecule has 15 heavy (non-hydrogen) atoms. The molecule has 2 rings (SSSR count). The number of hydrogen-bond acceptors (Lipinski definition) is 3. The van der Waals surface area contributed by atoms with Crippen LogP contribution in [0.1, 0.15) is 11.1 Å². The fraction of sp³-hybridized carbons (Fsp3) is 0.0833. The molecule has 0 saturated carbocycles. The Bertz CT molecular complexity index is 529. The van der Waals surface area contributed by atoms with Crippen molar-refractivity contribution in [1.82, 2.24) is 9.97 Å². The van der Waals surface area contributed by atoms with E-state index >= 15 is 0 Å². The van der Waals surface area contributed by atoms with Gasteiger partial charge in [0.2, 0.25) is 0 Å². The predicted octanol–water partition coefficient (Wildman–Crippen LogP) is 2.61. The summed E-state index contributed by atoms with van der Waals surface area (Å²) in [5, 5.41) is 0. The van der Waals surface area contributed by atoms with E-state index in [0.29, 0.717) is 0 Å². The molecule has 0 aliphatic heterocycles. The Morgan fingerprint density at radius 1 is 1.27 bits per heavy atom. The Morgan fingerprint density at radius 2 is 2.07 bits per heavy atom. The third-order valence-corrected chi connectivity index (χ3v) is 2.24. The van der Waals surface area contributed by atoms with Gasteiger partial charge in [-0.2, -0.15) is 0 Å². The molecule has 0 spiro atoms. The van der Waals surface area contributed by atoms with Crippen molar-refractivity contribution in [2.45, 2.75) is 6.92 Å². The van der Waals surface area contributed by atoms with Gasteiger partial charge in [0.25, 0.3) is 0 Å². The van der Waals surface area contributed by atoms with Crippen molar-refractivity contribution in [3.8, 4) is 0 Å². The Morgan fingerprint density at radius 3 is 2.87 bits per heavy atom. The SMILES string of the molecule is C=N/C=C\c1c(C)ccc2nccnc12. The second-order valence-corrected chi connectivity index (χ2v) is 3.22. The molecule has 0 aliphatic carbocycles. The third-order valence-electron chi connectivity index (χ3n) is 2.24. The Labute approximate surface area is 88.2 Å². The van der Waals surface area contributed by atoms with Crippen molar-refractivity contribution >= 4 is 23.8 Å². The highest BCUT2D eigenvalue weighted by atomic mass is 14.8. The van der Waals surface area contributed by atoms with Crippen LogP contribution in [0.3, 0.4) is 0 Å². The molecule has 0 unspecified atom stereocenters. The zero-order valence-electron chi connectivity index (χ0n) is 8.51. The average Bonchev–Trinajstić information content (AvgIpc) is 2.28. The maximum absolute atomic E-state index is 4.32. The van der Waals surface area contributed by atoms with Gasteiger partial charge >= 0.3 is 0 Å². The number of aryl methyl sites for hydroxylation is 1. The number of aromatic nitrogens is 2. The van der Waals surface area contributed by atoms with Gasteiger partial charge in [-0.15, -0.1) is 0 Å². The molecule has 0 saturated heterocycles. The lowest BCUT2D eigenvalue weighted by Crippen LogP contribution is -1.88. The van der Waals surface area contributed by atoms with E-state index in [0.717, 1.165) is 22.2 Å². The Hall–Kier alpha value is -2.03. The van der Waals surface area contributed by atoms with Crippen LogP contribution in [-0.2, 0) is 0 Å². The zero-order chi connectivity index (χ0) is 10.7. The lowest BCUT2D eigenvalue weighted by molar-refractivity contribution is 1.28. The molecule has 1 aromatic heterocycles. The number of nitrogens with zero attached hydrogens (tertiary/aromatic N) is 3. The fourth-order valence-corrected chi connectivity index (χ4v) is 1.50. The van der Waals surface area contributed by atoms with Gasteiger partial charge in [0.15, 0.2) is 0 Å². The fourth-order valence-electron chi connectivity index (χ4n) is 1.50. The Balaban J connectivity index is 2.73. The van der Waals surface area contributed by atoms with E-state index in [9.17, 15) is 0 Å². The van der Waals surface area contributed by atoms with Crippen LogP contribution in [0.2, 0.25) is 0 Å². The highest BCUT2D eigenvalue weighted by Crippen LogP contribution is 2.19. The summed E-state index contributed by atoms with van der Waals surface area (Å²) >= 11 is 0. The molecule has 1 aromatic carbocycles. The first kappa shape index (κ1) is 9.52. The molecule has 0 fully saturated rings. The molecular formula is C12H11N3. The highest BCUT2D eigenvalue weighted by Gasteiger charge is 2.02. The second kappa shape index (κ2) is 4.00.